The summed E-state index contributed by atoms with van der Waals surface area (Å²) in [6.07, 6.45) is 13.4. The number of unbranched alkanes of at least 4 members (excludes halogenated alkanes) is 14. The Bertz CT molecular complexity index is 536. The summed E-state index contributed by atoms with van der Waals surface area (Å²) in [5, 5.41) is 38.9. The molecule has 0 amide bonds. The van der Waals surface area contributed by atoms with Crippen molar-refractivity contribution < 1.29 is 39.4 Å². The number of hydrogen-bond donors (Lipinski definition) is 5. The third-order valence-corrected chi connectivity index (χ3v) is 6.80. The molecule has 0 aromatic heterocycles. The monoisotopic (exact) mass is 519 g/mol. The molecule has 0 spiro atoms. The summed E-state index contributed by atoms with van der Waals surface area (Å²) in [6.45, 7) is 1.30. The summed E-state index contributed by atoms with van der Waals surface area (Å²) in [4.78, 5) is 11.9. The van der Waals surface area contributed by atoms with Gasteiger partial charge >= 0.3 is 5.97 Å². The van der Waals surface area contributed by atoms with Gasteiger partial charge in [-0.15, -0.1) is 0 Å². The quantitative estimate of drug-likeness (QED) is 0.107. The number of aliphatic hydroxyl groups is 4. The van der Waals surface area contributed by atoms with Crippen molar-refractivity contribution in [2.45, 2.75) is 146 Å². The Hall–Kier alpha value is -0.810. The molecular formula is C27H53NO8. The van der Waals surface area contributed by atoms with Gasteiger partial charge in [-0.2, -0.15) is 0 Å². The zero-order valence-electron chi connectivity index (χ0n) is 22.4. The van der Waals surface area contributed by atoms with Crippen LogP contribution in [0.25, 0.3) is 0 Å². The van der Waals surface area contributed by atoms with E-state index in [9.17, 15) is 25.2 Å². The van der Waals surface area contributed by atoms with Crippen molar-refractivity contribution in [3.8, 4) is 0 Å². The second-order valence-corrected chi connectivity index (χ2v) is 10.2. The Morgan fingerprint density at radius 2 is 1.33 bits per heavy atom. The minimum atomic E-state index is -1.33. The molecule has 1 saturated heterocycles. The predicted octanol–water partition coefficient (Wildman–Crippen LogP) is 2.93. The van der Waals surface area contributed by atoms with E-state index in [0.29, 0.717) is 6.42 Å². The molecule has 1 fully saturated rings. The molecule has 214 valence electrons. The van der Waals surface area contributed by atoms with Gasteiger partial charge in [0.1, 0.15) is 31.0 Å². The normalized spacial score (nSPS) is 25.1. The lowest BCUT2D eigenvalue weighted by Crippen LogP contribution is -2.62. The van der Waals surface area contributed by atoms with E-state index in [1.807, 2.05) is 0 Å². The fourth-order valence-electron chi connectivity index (χ4n) is 4.41. The van der Waals surface area contributed by atoms with E-state index in [0.717, 1.165) is 19.3 Å². The molecule has 0 aromatic rings. The van der Waals surface area contributed by atoms with Crippen LogP contribution >= 0.6 is 0 Å². The topological polar surface area (TPSA) is 152 Å². The molecule has 6 unspecified atom stereocenters. The van der Waals surface area contributed by atoms with Crippen molar-refractivity contribution in [1.29, 1.82) is 0 Å². The Kier molecular flexibility index (Phi) is 19.5. The first-order valence-electron chi connectivity index (χ1n) is 14.2. The Morgan fingerprint density at radius 3 is 1.83 bits per heavy atom. The van der Waals surface area contributed by atoms with Gasteiger partial charge in [0, 0.05) is 6.42 Å². The van der Waals surface area contributed by atoms with E-state index in [4.69, 9.17) is 19.9 Å². The number of aliphatic hydroxyl groups excluding tert-OH is 4. The van der Waals surface area contributed by atoms with Gasteiger partial charge in [-0.1, -0.05) is 96.8 Å². The maximum Gasteiger partial charge on any atom is 0.305 e. The molecule has 0 radical (unpaired) electrons. The van der Waals surface area contributed by atoms with Crippen LogP contribution in [0.15, 0.2) is 0 Å². The highest BCUT2D eigenvalue weighted by molar-refractivity contribution is 5.69. The molecule has 1 aliphatic rings. The maximum atomic E-state index is 11.9. The number of hydrogen-bond acceptors (Lipinski definition) is 9. The molecule has 0 aromatic carbocycles. The minimum Gasteiger partial charge on any atom is -0.463 e. The van der Waals surface area contributed by atoms with Gasteiger partial charge in [0.2, 0.25) is 0 Å². The first kappa shape index (κ1) is 33.2. The third kappa shape index (κ3) is 14.8. The molecule has 9 heteroatoms. The Labute approximate surface area is 217 Å². The highest BCUT2D eigenvalue weighted by atomic mass is 16.7. The van der Waals surface area contributed by atoms with Crippen molar-refractivity contribution in [2.75, 3.05) is 19.8 Å². The fourth-order valence-corrected chi connectivity index (χ4v) is 4.41. The molecule has 36 heavy (non-hydrogen) atoms. The van der Waals surface area contributed by atoms with Gasteiger partial charge in [-0.05, 0) is 6.42 Å². The van der Waals surface area contributed by atoms with E-state index in [1.54, 1.807) is 0 Å². The number of ether oxygens (including phenoxy) is 3. The van der Waals surface area contributed by atoms with Crippen molar-refractivity contribution in [3.63, 3.8) is 0 Å². The van der Waals surface area contributed by atoms with Gasteiger partial charge in [-0.25, -0.2) is 0 Å². The standard InChI is InChI=1S/C27H53NO8/c1-2-3-4-5-6-7-8-9-10-11-12-13-14-15-16-17-23(31)34-19-21(30)20-35-27-24(28)26(33)25(32)22(18-29)36-27/h21-22,24-27,29-30,32-33H,2-20,28H2,1H3. The molecule has 1 rings (SSSR count). The van der Waals surface area contributed by atoms with Crippen LogP contribution in [-0.4, -0.2) is 83.0 Å². The highest BCUT2D eigenvalue weighted by Crippen LogP contribution is 2.21. The highest BCUT2D eigenvalue weighted by Gasteiger charge is 2.43. The SMILES string of the molecule is CCCCCCCCCCCCCCCCCC(=O)OCC(O)COC1OC(CO)C(O)C(O)C1N. The number of carbonyl (C=O) groups excluding carboxylic acids is 1. The summed E-state index contributed by atoms with van der Waals surface area (Å²) in [7, 11) is 0. The zero-order valence-corrected chi connectivity index (χ0v) is 22.4. The van der Waals surface area contributed by atoms with Crippen molar-refractivity contribution >= 4 is 5.97 Å². The van der Waals surface area contributed by atoms with Gasteiger partial charge < -0.3 is 40.4 Å². The van der Waals surface area contributed by atoms with E-state index in [-0.39, 0.29) is 19.2 Å². The molecule has 0 bridgehead atoms. The van der Waals surface area contributed by atoms with Crippen LogP contribution in [0.3, 0.4) is 0 Å². The summed E-state index contributed by atoms with van der Waals surface area (Å²) >= 11 is 0. The molecule has 0 saturated carbocycles. The number of rotatable bonds is 22. The van der Waals surface area contributed by atoms with E-state index >= 15 is 0 Å². The summed E-state index contributed by atoms with van der Waals surface area (Å²) in [5.41, 5.74) is 5.78. The minimum absolute atomic E-state index is 0.214. The van der Waals surface area contributed by atoms with Gasteiger partial charge in [0.15, 0.2) is 6.29 Å². The third-order valence-electron chi connectivity index (χ3n) is 6.80. The first-order chi connectivity index (χ1) is 17.4. The second-order valence-electron chi connectivity index (χ2n) is 10.2. The average molecular weight is 520 g/mol. The smallest absolute Gasteiger partial charge is 0.305 e. The molecule has 0 aliphatic carbocycles. The fraction of sp³-hybridized carbons (Fsp3) is 0.963. The molecule has 1 aliphatic heterocycles. The second kappa shape index (κ2) is 21.2. The number of esters is 1. The average Bonchev–Trinajstić information content (AvgIpc) is 2.88. The summed E-state index contributed by atoms with van der Waals surface area (Å²) in [5.74, 6) is -0.353. The molecule has 9 nitrogen and oxygen atoms in total. The van der Waals surface area contributed by atoms with Crippen LogP contribution in [0.2, 0.25) is 0 Å². The summed E-state index contributed by atoms with van der Waals surface area (Å²) < 4.78 is 15.8. The van der Waals surface area contributed by atoms with Gasteiger partial charge in [0.05, 0.1) is 19.3 Å². The Morgan fingerprint density at radius 1 is 0.833 bits per heavy atom. The molecular weight excluding hydrogens is 466 g/mol. The zero-order chi connectivity index (χ0) is 26.6. The van der Waals surface area contributed by atoms with Crippen LogP contribution in [0.1, 0.15) is 110 Å². The lowest BCUT2D eigenvalue weighted by Gasteiger charge is -2.40. The van der Waals surface area contributed by atoms with Crippen molar-refractivity contribution in [3.05, 3.63) is 0 Å². The molecule has 6 atom stereocenters. The van der Waals surface area contributed by atoms with Crippen LogP contribution < -0.4 is 5.73 Å². The van der Waals surface area contributed by atoms with E-state index in [1.165, 1.54) is 77.0 Å². The predicted molar refractivity (Wildman–Crippen MR) is 138 cm³/mol. The summed E-state index contributed by atoms with van der Waals surface area (Å²) in [6, 6.07) is -1.04. The Balaban J connectivity index is 1.94. The van der Waals surface area contributed by atoms with E-state index in [2.05, 4.69) is 6.92 Å². The largest absolute Gasteiger partial charge is 0.463 e. The lowest BCUT2D eigenvalue weighted by molar-refractivity contribution is -0.270. The molecule has 1 heterocycles. The number of nitrogens with two attached hydrogens (primary N) is 1. The van der Waals surface area contributed by atoms with Crippen LogP contribution in [0, 0.1) is 0 Å². The first-order valence-corrected chi connectivity index (χ1v) is 14.2. The van der Waals surface area contributed by atoms with Crippen molar-refractivity contribution in [1.82, 2.24) is 0 Å². The van der Waals surface area contributed by atoms with Gasteiger partial charge in [0.25, 0.3) is 0 Å². The number of carbonyl (C=O) groups is 1. The van der Waals surface area contributed by atoms with Crippen LogP contribution in [0.4, 0.5) is 0 Å². The van der Waals surface area contributed by atoms with Gasteiger partial charge in [-0.3, -0.25) is 4.79 Å². The van der Waals surface area contributed by atoms with Crippen LogP contribution in [-0.2, 0) is 19.0 Å². The molecule has 6 N–H and O–H groups in total. The van der Waals surface area contributed by atoms with Crippen LogP contribution in [0.5, 0.6) is 0 Å². The maximum absolute atomic E-state index is 11.9. The van der Waals surface area contributed by atoms with Crippen molar-refractivity contribution in [2.24, 2.45) is 5.73 Å². The lowest BCUT2D eigenvalue weighted by atomic mass is 9.98. The van der Waals surface area contributed by atoms with E-state index < -0.39 is 43.4 Å².